The molecule has 0 aliphatic heterocycles. The monoisotopic (exact) mass is 259 g/mol. The number of anilines is 1. The molecule has 5 nitrogen and oxygen atoms in total. The quantitative estimate of drug-likeness (QED) is 0.697. The zero-order valence-electron chi connectivity index (χ0n) is 10.2. The molecule has 17 heavy (non-hydrogen) atoms. The summed E-state index contributed by atoms with van der Waals surface area (Å²) in [6.45, 7) is 5.34. The second-order valence-electron chi connectivity index (χ2n) is 4.60. The van der Waals surface area contributed by atoms with Crippen molar-refractivity contribution in [1.29, 1.82) is 0 Å². The molecule has 1 heterocycles. The van der Waals surface area contributed by atoms with E-state index in [1.54, 1.807) is 6.07 Å². The van der Waals surface area contributed by atoms with Crippen molar-refractivity contribution in [3.05, 3.63) is 17.0 Å². The van der Waals surface area contributed by atoms with Crippen LogP contribution in [0.25, 0.3) is 0 Å². The van der Waals surface area contributed by atoms with Crippen LogP contribution in [0, 0.1) is 0 Å². The molecule has 0 saturated carbocycles. The highest BCUT2D eigenvalue weighted by Gasteiger charge is 2.19. The number of aromatic nitrogens is 2. The molecule has 0 amide bonds. The van der Waals surface area contributed by atoms with Crippen LogP contribution in [0.4, 0.5) is 5.82 Å². The number of rotatable bonds is 5. The van der Waals surface area contributed by atoms with Gasteiger partial charge in [0, 0.05) is 18.5 Å². The summed E-state index contributed by atoms with van der Waals surface area (Å²) in [5.74, 6) is 1.36. The number of aliphatic hydroxyl groups is 2. The topological polar surface area (TPSA) is 78.3 Å². The second kappa shape index (κ2) is 5.62. The summed E-state index contributed by atoms with van der Waals surface area (Å²) in [6.07, 6.45) is 0. The smallest absolute Gasteiger partial charge is 0.135 e. The van der Waals surface area contributed by atoms with Gasteiger partial charge in [-0.3, -0.25) is 0 Å². The van der Waals surface area contributed by atoms with Gasteiger partial charge in [0.15, 0.2) is 0 Å². The maximum absolute atomic E-state index is 9.64. The second-order valence-corrected chi connectivity index (χ2v) is 4.98. The average molecular weight is 260 g/mol. The molecule has 1 aromatic rings. The van der Waals surface area contributed by atoms with Crippen LogP contribution in [-0.2, 0) is 0 Å². The Balaban J connectivity index is 2.78. The molecule has 0 aliphatic rings. The zero-order chi connectivity index (χ0) is 13.1. The number of nitrogens with zero attached hydrogens (tertiary/aromatic N) is 2. The molecule has 0 aromatic carbocycles. The Bertz CT molecular complexity index is 383. The Morgan fingerprint density at radius 3 is 2.65 bits per heavy atom. The van der Waals surface area contributed by atoms with E-state index >= 15 is 0 Å². The lowest BCUT2D eigenvalue weighted by atomic mass is 10.1. The molecule has 0 aliphatic carbocycles. The van der Waals surface area contributed by atoms with Crippen molar-refractivity contribution in [2.24, 2.45) is 0 Å². The van der Waals surface area contributed by atoms with E-state index < -0.39 is 5.60 Å². The van der Waals surface area contributed by atoms with Crippen LogP contribution >= 0.6 is 11.6 Å². The van der Waals surface area contributed by atoms with Gasteiger partial charge >= 0.3 is 0 Å². The summed E-state index contributed by atoms with van der Waals surface area (Å²) in [7, 11) is 0. The van der Waals surface area contributed by atoms with Gasteiger partial charge in [0.1, 0.15) is 22.4 Å². The third-order valence-electron chi connectivity index (χ3n) is 2.22. The number of hydrogen-bond donors (Lipinski definition) is 3. The third kappa shape index (κ3) is 4.46. The summed E-state index contributed by atoms with van der Waals surface area (Å²) >= 11 is 5.87. The third-order valence-corrected chi connectivity index (χ3v) is 2.41. The van der Waals surface area contributed by atoms with E-state index in [9.17, 15) is 5.11 Å². The van der Waals surface area contributed by atoms with Crippen molar-refractivity contribution in [3.8, 4) is 0 Å². The van der Waals surface area contributed by atoms with E-state index in [0.717, 1.165) is 0 Å². The van der Waals surface area contributed by atoms with Crippen LogP contribution in [0.2, 0.25) is 5.15 Å². The highest BCUT2D eigenvalue weighted by Crippen LogP contribution is 2.17. The Morgan fingerprint density at radius 1 is 1.47 bits per heavy atom. The summed E-state index contributed by atoms with van der Waals surface area (Å²) in [5.41, 5.74) is -1.19. The van der Waals surface area contributed by atoms with Gasteiger partial charge in [-0.05, 0) is 6.92 Å². The number of halogens is 1. The van der Waals surface area contributed by atoms with E-state index in [2.05, 4.69) is 15.3 Å². The van der Waals surface area contributed by atoms with Gasteiger partial charge in [0.25, 0.3) is 0 Å². The Hall–Kier alpha value is -0.910. The number of nitrogens with one attached hydrogen (secondary N) is 1. The summed E-state index contributed by atoms with van der Waals surface area (Å²) < 4.78 is 0. The van der Waals surface area contributed by atoms with Gasteiger partial charge < -0.3 is 15.5 Å². The maximum Gasteiger partial charge on any atom is 0.135 e. The fourth-order valence-corrected chi connectivity index (χ4v) is 1.31. The molecule has 0 fully saturated rings. The van der Waals surface area contributed by atoms with Crippen molar-refractivity contribution < 1.29 is 10.2 Å². The lowest BCUT2D eigenvalue weighted by Crippen LogP contribution is -2.37. The molecule has 6 heteroatoms. The van der Waals surface area contributed by atoms with Crippen LogP contribution in [0.1, 0.15) is 32.5 Å². The van der Waals surface area contributed by atoms with Gasteiger partial charge in [-0.2, -0.15) is 0 Å². The van der Waals surface area contributed by atoms with Crippen molar-refractivity contribution >= 4 is 17.4 Å². The molecule has 1 rings (SSSR count). The van der Waals surface area contributed by atoms with Crippen molar-refractivity contribution in [3.63, 3.8) is 0 Å². The molecule has 0 bridgehead atoms. The largest absolute Gasteiger partial charge is 0.393 e. The average Bonchev–Trinajstić information content (AvgIpc) is 2.26. The van der Waals surface area contributed by atoms with Gasteiger partial charge in [-0.15, -0.1) is 0 Å². The van der Waals surface area contributed by atoms with Gasteiger partial charge in [-0.1, -0.05) is 25.4 Å². The van der Waals surface area contributed by atoms with Crippen molar-refractivity contribution in [2.45, 2.75) is 32.3 Å². The molecule has 1 atom stereocenters. The van der Waals surface area contributed by atoms with Crippen LogP contribution in [-0.4, -0.2) is 38.9 Å². The zero-order valence-corrected chi connectivity index (χ0v) is 11.0. The fourth-order valence-electron chi connectivity index (χ4n) is 1.12. The van der Waals surface area contributed by atoms with E-state index in [-0.39, 0.29) is 19.1 Å². The predicted molar refractivity (Wildman–Crippen MR) is 67.3 cm³/mol. The fraction of sp³-hybridized carbons (Fsp3) is 0.636. The number of aliphatic hydroxyl groups excluding tert-OH is 1. The summed E-state index contributed by atoms with van der Waals surface area (Å²) in [4.78, 5) is 8.37. The van der Waals surface area contributed by atoms with Crippen molar-refractivity contribution in [2.75, 3.05) is 18.5 Å². The maximum atomic E-state index is 9.64. The van der Waals surface area contributed by atoms with E-state index in [0.29, 0.717) is 16.8 Å². The molecule has 0 saturated heterocycles. The minimum absolute atomic E-state index is 0.174. The standard InChI is InChI=1S/C11H18ClN3O2/c1-7(2)10-14-8(12)4-9(15-10)13-5-11(3,17)6-16/h4,7,16-17H,5-6H2,1-3H3,(H,13,14,15). The minimum atomic E-state index is -1.19. The minimum Gasteiger partial charge on any atom is -0.393 e. The van der Waals surface area contributed by atoms with E-state index in [1.807, 2.05) is 13.8 Å². The molecule has 96 valence electrons. The van der Waals surface area contributed by atoms with Gasteiger partial charge in [-0.25, -0.2) is 9.97 Å². The van der Waals surface area contributed by atoms with Crippen LogP contribution < -0.4 is 5.32 Å². The first-order valence-corrected chi connectivity index (χ1v) is 5.83. The number of hydrogen-bond acceptors (Lipinski definition) is 5. The molecule has 3 N–H and O–H groups in total. The molecular weight excluding hydrogens is 242 g/mol. The Morgan fingerprint density at radius 2 is 2.12 bits per heavy atom. The molecule has 1 aromatic heterocycles. The lowest BCUT2D eigenvalue weighted by molar-refractivity contribution is 0.0131. The van der Waals surface area contributed by atoms with Crippen LogP contribution in [0.3, 0.4) is 0 Å². The molecular formula is C11H18ClN3O2. The normalized spacial score (nSPS) is 14.8. The molecule has 0 radical (unpaired) electrons. The highest BCUT2D eigenvalue weighted by atomic mass is 35.5. The molecule has 1 unspecified atom stereocenters. The molecule has 0 spiro atoms. The Kier molecular flexibility index (Phi) is 4.68. The van der Waals surface area contributed by atoms with Crippen LogP contribution in [0.15, 0.2) is 6.07 Å². The lowest BCUT2D eigenvalue weighted by Gasteiger charge is -2.21. The predicted octanol–water partition coefficient (Wildman–Crippen LogP) is 1.41. The van der Waals surface area contributed by atoms with Crippen molar-refractivity contribution in [1.82, 2.24) is 9.97 Å². The summed E-state index contributed by atoms with van der Waals surface area (Å²) in [6, 6.07) is 1.58. The van der Waals surface area contributed by atoms with Gasteiger partial charge in [0.05, 0.1) is 6.61 Å². The van der Waals surface area contributed by atoms with E-state index in [4.69, 9.17) is 16.7 Å². The Labute approximate surface area is 106 Å². The van der Waals surface area contributed by atoms with Crippen LogP contribution in [0.5, 0.6) is 0 Å². The first-order chi connectivity index (χ1) is 7.84. The first kappa shape index (κ1) is 14.2. The first-order valence-electron chi connectivity index (χ1n) is 5.45. The summed E-state index contributed by atoms with van der Waals surface area (Å²) in [5, 5.41) is 21.8. The SMILES string of the molecule is CC(C)c1nc(Cl)cc(NCC(C)(O)CO)n1. The van der Waals surface area contributed by atoms with Gasteiger partial charge in [0.2, 0.25) is 0 Å². The highest BCUT2D eigenvalue weighted by molar-refractivity contribution is 6.29. The van der Waals surface area contributed by atoms with E-state index in [1.165, 1.54) is 6.92 Å².